The Hall–Kier alpha value is -3.20. The van der Waals surface area contributed by atoms with Gasteiger partial charge in [-0.25, -0.2) is 9.97 Å². The number of hydrogen-bond acceptors (Lipinski definition) is 9. The summed E-state index contributed by atoms with van der Waals surface area (Å²) in [6.45, 7) is 3.96. The number of anilines is 3. The highest BCUT2D eigenvalue weighted by atomic mass is 16.5. The summed E-state index contributed by atoms with van der Waals surface area (Å²) in [7, 11) is 0. The van der Waals surface area contributed by atoms with Gasteiger partial charge in [0, 0.05) is 12.1 Å². The van der Waals surface area contributed by atoms with Crippen molar-refractivity contribution in [2.24, 2.45) is 0 Å². The van der Waals surface area contributed by atoms with Crippen molar-refractivity contribution < 1.29 is 4.74 Å². The molecule has 1 fully saturated rings. The molecule has 0 unspecified atom stereocenters. The molecule has 0 bridgehead atoms. The fourth-order valence-corrected chi connectivity index (χ4v) is 3.22. The molecule has 0 spiro atoms. The van der Waals surface area contributed by atoms with E-state index in [-0.39, 0.29) is 23.2 Å². The lowest BCUT2D eigenvalue weighted by atomic mass is 10.1. The van der Waals surface area contributed by atoms with Gasteiger partial charge in [-0.1, -0.05) is 0 Å². The largest absolute Gasteiger partial charge is 0.492 e. The van der Waals surface area contributed by atoms with Crippen LogP contribution < -0.4 is 21.9 Å². The Balaban J connectivity index is 1.52. The minimum atomic E-state index is 0.0388. The van der Waals surface area contributed by atoms with Crippen molar-refractivity contribution in [1.29, 1.82) is 0 Å². The Kier molecular flexibility index (Phi) is 4.59. The van der Waals surface area contributed by atoms with E-state index >= 15 is 0 Å². The summed E-state index contributed by atoms with van der Waals surface area (Å²) in [5.74, 6) is 1.27. The summed E-state index contributed by atoms with van der Waals surface area (Å²) >= 11 is 0. The molecular formula is C18H22N8O. The minimum absolute atomic E-state index is 0.0388. The molecule has 3 heterocycles. The van der Waals surface area contributed by atoms with E-state index in [2.05, 4.69) is 24.8 Å². The molecule has 9 nitrogen and oxygen atoms in total. The van der Waals surface area contributed by atoms with Crippen LogP contribution in [0.1, 0.15) is 12.8 Å². The first-order valence-corrected chi connectivity index (χ1v) is 8.92. The van der Waals surface area contributed by atoms with Gasteiger partial charge in [-0.15, -0.1) is 0 Å². The molecule has 0 amide bonds. The Morgan fingerprint density at radius 1 is 0.889 bits per heavy atom. The van der Waals surface area contributed by atoms with Gasteiger partial charge in [0.15, 0.2) is 22.8 Å². The van der Waals surface area contributed by atoms with Crippen LogP contribution in [-0.4, -0.2) is 51.1 Å². The maximum Gasteiger partial charge on any atom is 0.224 e. The SMILES string of the molecule is Nc1nc(N)c2nc(-c3ccc(OCCN4CCCC4)cc3)c(N)nc2n1. The van der Waals surface area contributed by atoms with E-state index in [9.17, 15) is 0 Å². The van der Waals surface area contributed by atoms with Crippen LogP contribution in [0, 0.1) is 0 Å². The second kappa shape index (κ2) is 7.20. The Morgan fingerprint density at radius 2 is 1.63 bits per heavy atom. The molecule has 1 aliphatic rings. The van der Waals surface area contributed by atoms with Crippen molar-refractivity contribution in [3.63, 3.8) is 0 Å². The Morgan fingerprint density at radius 3 is 2.37 bits per heavy atom. The number of rotatable bonds is 5. The van der Waals surface area contributed by atoms with Gasteiger partial charge in [0.05, 0.1) is 0 Å². The van der Waals surface area contributed by atoms with Crippen molar-refractivity contribution in [3.8, 4) is 17.0 Å². The summed E-state index contributed by atoms with van der Waals surface area (Å²) in [5.41, 5.74) is 19.5. The molecule has 2 aromatic heterocycles. The third kappa shape index (κ3) is 3.68. The average Bonchev–Trinajstić information content (AvgIpc) is 3.15. The van der Waals surface area contributed by atoms with Gasteiger partial charge in [-0.2, -0.15) is 9.97 Å². The standard InChI is InChI=1S/C18H22N8O/c19-15-13(22-14-16(20)24-18(21)25-17(14)23-15)11-3-5-12(6-4-11)27-10-9-26-7-1-2-8-26/h3-6H,1-2,7-10H2,(H6,19,20,21,23,24,25). The number of aromatic nitrogens is 4. The number of nitrogen functional groups attached to an aromatic ring is 3. The molecule has 0 saturated carbocycles. The molecule has 1 aromatic carbocycles. The molecule has 1 saturated heterocycles. The number of benzene rings is 1. The first-order chi connectivity index (χ1) is 13.1. The third-order valence-electron chi connectivity index (χ3n) is 4.61. The van der Waals surface area contributed by atoms with Crippen LogP contribution in [0.4, 0.5) is 17.6 Å². The zero-order chi connectivity index (χ0) is 18.8. The number of nitrogens with two attached hydrogens (primary N) is 3. The highest BCUT2D eigenvalue weighted by Gasteiger charge is 2.14. The first-order valence-electron chi connectivity index (χ1n) is 8.92. The number of fused-ring (bicyclic) bond motifs is 1. The zero-order valence-corrected chi connectivity index (χ0v) is 14.9. The lowest BCUT2D eigenvalue weighted by molar-refractivity contribution is 0.238. The van der Waals surface area contributed by atoms with E-state index in [1.165, 1.54) is 25.9 Å². The molecule has 27 heavy (non-hydrogen) atoms. The summed E-state index contributed by atoms with van der Waals surface area (Å²) < 4.78 is 5.83. The molecule has 1 aliphatic heterocycles. The monoisotopic (exact) mass is 366 g/mol. The quantitative estimate of drug-likeness (QED) is 0.609. The van der Waals surface area contributed by atoms with Crippen LogP contribution in [0.25, 0.3) is 22.4 Å². The van der Waals surface area contributed by atoms with Crippen molar-refractivity contribution in [2.45, 2.75) is 12.8 Å². The minimum Gasteiger partial charge on any atom is -0.492 e. The van der Waals surface area contributed by atoms with E-state index in [1.54, 1.807) is 0 Å². The van der Waals surface area contributed by atoms with Crippen LogP contribution >= 0.6 is 0 Å². The highest BCUT2D eigenvalue weighted by Crippen LogP contribution is 2.27. The van der Waals surface area contributed by atoms with Gasteiger partial charge < -0.3 is 21.9 Å². The van der Waals surface area contributed by atoms with Crippen LogP contribution in [0.2, 0.25) is 0 Å². The summed E-state index contributed by atoms with van der Waals surface area (Å²) in [5, 5.41) is 0. The summed E-state index contributed by atoms with van der Waals surface area (Å²) in [6.07, 6.45) is 2.57. The van der Waals surface area contributed by atoms with Crippen LogP contribution in [-0.2, 0) is 0 Å². The predicted molar refractivity (Wildman–Crippen MR) is 105 cm³/mol. The lowest BCUT2D eigenvalue weighted by Gasteiger charge is -2.15. The summed E-state index contributed by atoms with van der Waals surface area (Å²) in [4.78, 5) is 19.1. The Labute approximate surface area is 156 Å². The lowest BCUT2D eigenvalue weighted by Crippen LogP contribution is -2.25. The maximum absolute atomic E-state index is 6.05. The molecule has 3 aromatic rings. The number of nitrogens with zero attached hydrogens (tertiary/aromatic N) is 5. The first kappa shape index (κ1) is 17.2. The van der Waals surface area contributed by atoms with Crippen molar-refractivity contribution >= 4 is 28.7 Å². The molecule has 0 atom stereocenters. The second-order valence-electron chi connectivity index (χ2n) is 6.52. The zero-order valence-electron chi connectivity index (χ0n) is 14.9. The van der Waals surface area contributed by atoms with E-state index in [0.717, 1.165) is 17.9 Å². The molecule has 6 N–H and O–H groups in total. The number of likely N-dealkylation sites (tertiary alicyclic amines) is 1. The Bertz CT molecular complexity index is 954. The molecule has 9 heteroatoms. The fourth-order valence-electron chi connectivity index (χ4n) is 3.22. The van der Waals surface area contributed by atoms with Crippen LogP contribution in [0.5, 0.6) is 5.75 Å². The molecule has 0 radical (unpaired) electrons. The fraction of sp³-hybridized carbons (Fsp3) is 0.333. The van der Waals surface area contributed by atoms with Crippen molar-refractivity contribution in [2.75, 3.05) is 43.4 Å². The maximum atomic E-state index is 6.05. The van der Waals surface area contributed by atoms with E-state index in [4.69, 9.17) is 21.9 Å². The van der Waals surface area contributed by atoms with E-state index in [1.807, 2.05) is 24.3 Å². The number of ether oxygens (including phenoxy) is 1. The summed E-state index contributed by atoms with van der Waals surface area (Å²) in [6, 6.07) is 7.58. The van der Waals surface area contributed by atoms with Crippen LogP contribution in [0.15, 0.2) is 24.3 Å². The van der Waals surface area contributed by atoms with E-state index < -0.39 is 0 Å². The second-order valence-corrected chi connectivity index (χ2v) is 6.52. The molecular weight excluding hydrogens is 344 g/mol. The smallest absolute Gasteiger partial charge is 0.224 e. The predicted octanol–water partition coefficient (Wildman–Crippen LogP) is 1.31. The topological polar surface area (TPSA) is 142 Å². The van der Waals surface area contributed by atoms with Gasteiger partial charge in [0.1, 0.15) is 18.1 Å². The van der Waals surface area contributed by atoms with Gasteiger partial charge in [-0.05, 0) is 50.2 Å². The van der Waals surface area contributed by atoms with Crippen molar-refractivity contribution in [1.82, 2.24) is 24.8 Å². The molecule has 140 valence electrons. The van der Waals surface area contributed by atoms with Gasteiger partial charge in [-0.3, -0.25) is 4.90 Å². The molecule has 4 rings (SSSR count). The number of hydrogen-bond donors (Lipinski definition) is 3. The molecule has 0 aliphatic carbocycles. The van der Waals surface area contributed by atoms with Gasteiger partial charge in [0.2, 0.25) is 5.95 Å². The third-order valence-corrected chi connectivity index (χ3v) is 4.61. The van der Waals surface area contributed by atoms with Gasteiger partial charge in [0.25, 0.3) is 0 Å². The normalized spacial score (nSPS) is 14.7. The average molecular weight is 366 g/mol. The van der Waals surface area contributed by atoms with Crippen molar-refractivity contribution in [3.05, 3.63) is 24.3 Å². The highest BCUT2D eigenvalue weighted by molar-refractivity contribution is 5.87. The van der Waals surface area contributed by atoms with E-state index in [0.29, 0.717) is 17.8 Å². The van der Waals surface area contributed by atoms with Crippen LogP contribution in [0.3, 0.4) is 0 Å². The van der Waals surface area contributed by atoms with Gasteiger partial charge >= 0.3 is 0 Å².